The first-order valence-electron chi connectivity index (χ1n) is 23.3. The highest BCUT2D eigenvalue weighted by Crippen LogP contribution is 2.18. The Bertz CT molecular complexity index is 768. The molecule has 0 aliphatic heterocycles. The maximum absolute atomic E-state index is 2.68. The minimum atomic E-state index is 1.23. The Balaban J connectivity index is 2.33. The van der Waals surface area contributed by atoms with Crippen LogP contribution < -0.4 is 4.57 Å². The molecule has 1 nitrogen and oxygen atoms in total. The second kappa shape index (κ2) is 38.4. The Morgan fingerprint density at radius 3 is 0.959 bits per heavy atom. The monoisotopic (exact) mass is 683 g/mol. The highest BCUT2D eigenvalue weighted by molar-refractivity contribution is 5.16. The van der Waals surface area contributed by atoms with Crippen LogP contribution >= 0.6 is 0 Å². The number of pyridine rings is 1. The topological polar surface area (TPSA) is 3.88 Å². The first-order chi connectivity index (χ1) is 24.3. The zero-order valence-corrected chi connectivity index (χ0v) is 34.5. The summed E-state index contributed by atoms with van der Waals surface area (Å²) in [5, 5.41) is 0. The standard InChI is InChI=1S/C48H92N/c1-4-7-10-13-16-19-21-23-25-27-29-32-35-38-42-47-43-41-46-49(45-40-37-34-31-18-15-12-9-6-3)48(47)44-39-36-33-30-28-26-24-22-20-17-14-11-8-5-2/h41,43,46H,4-40,42,44-45H2,1-3H3/q+1. The van der Waals surface area contributed by atoms with Crippen LogP contribution in [0.1, 0.15) is 270 Å². The average Bonchev–Trinajstić information content (AvgIpc) is 3.11. The molecular formula is C48H92N+. The molecule has 0 spiro atoms. The zero-order chi connectivity index (χ0) is 35.1. The third-order valence-electron chi connectivity index (χ3n) is 11.4. The fourth-order valence-electron chi connectivity index (χ4n) is 7.96. The number of aromatic nitrogens is 1. The van der Waals surface area contributed by atoms with Crippen LogP contribution in [0.3, 0.4) is 0 Å². The summed E-state index contributed by atoms with van der Waals surface area (Å²) in [6.07, 6.45) is 58.3. The first-order valence-corrected chi connectivity index (χ1v) is 23.3. The smallest absolute Gasteiger partial charge is 0.184 e. The van der Waals surface area contributed by atoms with Crippen molar-refractivity contribution in [3.8, 4) is 0 Å². The van der Waals surface area contributed by atoms with Gasteiger partial charge in [-0.05, 0) is 31.7 Å². The molecule has 0 N–H and O–H groups in total. The Morgan fingerprint density at radius 1 is 0.327 bits per heavy atom. The van der Waals surface area contributed by atoms with Gasteiger partial charge in [0.1, 0.15) is 6.54 Å². The molecule has 1 heterocycles. The van der Waals surface area contributed by atoms with Gasteiger partial charge in [-0.15, -0.1) is 0 Å². The van der Waals surface area contributed by atoms with E-state index in [1.54, 1.807) is 11.3 Å². The Kier molecular flexibility index (Phi) is 36.2. The Labute approximate surface area is 311 Å². The summed E-state index contributed by atoms with van der Waals surface area (Å²) in [6.45, 7) is 8.18. The lowest BCUT2D eigenvalue weighted by atomic mass is 9.99. The van der Waals surface area contributed by atoms with Gasteiger partial charge in [0, 0.05) is 24.5 Å². The molecule has 49 heavy (non-hydrogen) atoms. The summed E-state index contributed by atoms with van der Waals surface area (Å²) in [5.41, 5.74) is 3.36. The van der Waals surface area contributed by atoms with Gasteiger partial charge in [-0.1, -0.05) is 233 Å². The molecule has 0 aromatic carbocycles. The van der Waals surface area contributed by atoms with Gasteiger partial charge in [-0.25, -0.2) is 4.57 Å². The van der Waals surface area contributed by atoms with Gasteiger partial charge in [-0.3, -0.25) is 0 Å². The van der Waals surface area contributed by atoms with Gasteiger partial charge >= 0.3 is 0 Å². The number of hydrogen-bond donors (Lipinski definition) is 0. The van der Waals surface area contributed by atoms with Gasteiger partial charge in [0.15, 0.2) is 11.9 Å². The normalized spacial score (nSPS) is 11.6. The molecule has 0 aliphatic rings. The van der Waals surface area contributed by atoms with E-state index in [4.69, 9.17) is 0 Å². The molecule has 0 atom stereocenters. The van der Waals surface area contributed by atoms with Crippen LogP contribution in [-0.2, 0) is 19.4 Å². The zero-order valence-electron chi connectivity index (χ0n) is 34.5. The molecule has 0 bridgehead atoms. The summed E-state index contributed by atoms with van der Waals surface area (Å²) >= 11 is 0. The summed E-state index contributed by atoms with van der Waals surface area (Å²) < 4.78 is 2.68. The lowest BCUT2D eigenvalue weighted by Gasteiger charge is -2.11. The summed E-state index contributed by atoms with van der Waals surface area (Å²) in [5.74, 6) is 0. The van der Waals surface area contributed by atoms with Crippen molar-refractivity contribution >= 4 is 0 Å². The summed E-state index contributed by atoms with van der Waals surface area (Å²) in [6, 6.07) is 4.84. The van der Waals surface area contributed by atoms with Gasteiger partial charge in [0.2, 0.25) is 0 Å². The molecule has 1 rings (SSSR count). The number of rotatable bonds is 40. The van der Waals surface area contributed by atoms with E-state index in [1.165, 1.54) is 257 Å². The predicted molar refractivity (Wildman–Crippen MR) is 222 cm³/mol. The largest absolute Gasteiger partial charge is 0.202 e. The molecule has 0 saturated carbocycles. The van der Waals surface area contributed by atoms with E-state index < -0.39 is 0 Å². The second-order valence-corrected chi connectivity index (χ2v) is 16.2. The minimum absolute atomic E-state index is 1.23. The lowest BCUT2D eigenvalue weighted by Crippen LogP contribution is -2.39. The average molecular weight is 683 g/mol. The van der Waals surface area contributed by atoms with Crippen LogP contribution in [-0.4, -0.2) is 0 Å². The second-order valence-electron chi connectivity index (χ2n) is 16.2. The molecular weight excluding hydrogens is 591 g/mol. The number of hydrogen-bond acceptors (Lipinski definition) is 0. The first kappa shape index (κ1) is 46.2. The van der Waals surface area contributed by atoms with Crippen molar-refractivity contribution in [1.29, 1.82) is 0 Å². The van der Waals surface area contributed by atoms with Crippen molar-refractivity contribution < 1.29 is 4.57 Å². The Morgan fingerprint density at radius 2 is 0.612 bits per heavy atom. The lowest BCUT2D eigenvalue weighted by molar-refractivity contribution is -0.705. The molecule has 0 radical (unpaired) electrons. The summed E-state index contributed by atoms with van der Waals surface area (Å²) in [7, 11) is 0. The van der Waals surface area contributed by atoms with E-state index in [0.717, 1.165) is 0 Å². The van der Waals surface area contributed by atoms with Gasteiger partial charge in [0.25, 0.3) is 0 Å². The minimum Gasteiger partial charge on any atom is -0.202 e. The van der Waals surface area contributed by atoms with Crippen molar-refractivity contribution in [3.63, 3.8) is 0 Å². The fourth-order valence-corrected chi connectivity index (χ4v) is 7.96. The molecule has 0 unspecified atom stereocenters. The van der Waals surface area contributed by atoms with E-state index in [1.807, 2.05) is 0 Å². The van der Waals surface area contributed by atoms with Gasteiger partial charge in [-0.2, -0.15) is 0 Å². The fraction of sp³-hybridized carbons (Fsp3) is 0.896. The maximum atomic E-state index is 2.68. The van der Waals surface area contributed by atoms with Crippen LogP contribution in [0.15, 0.2) is 18.3 Å². The summed E-state index contributed by atoms with van der Waals surface area (Å²) in [4.78, 5) is 0. The highest BCUT2D eigenvalue weighted by atomic mass is 15.0. The van der Waals surface area contributed by atoms with Crippen LogP contribution in [0.2, 0.25) is 0 Å². The van der Waals surface area contributed by atoms with Crippen molar-refractivity contribution in [2.75, 3.05) is 0 Å². The van der Waals surface area contributed by atoms with E-state index in [0.29, 0.717) is 0 Å². The van der Waals surface area contributed by atoms with Crippen molar-refractivity contribution in [1.82, 2.24) is 0 Å². The molecule has 0 amide bonds. The quantitative estimate of drug-likeness (QED) is 0.0479. The Hall–Kier alpha value is -0.850. The van der Waals surface area contributed by atoms with E-state index in [2.05, 4.69) is 43.7 Å². The predicted octanol–water partition coefficient (Wildman–Crippen LogP) is 16.6. The molecule has 0 aliphatic carbocycles. The molecule has 1 heteroatoms. The molecule has 1 aromatic rings. The van der Waals surface area contributed by atoms with Gasteiger partial charge < -0.3 is 0 Å². The molecule has 0 fully saturated rings. The highest BCUT2D eigenvalue weighted by Gasteiger charge is 2.15. The van der Waals surface area contributed by atoms with Crippen LogP contribution in [0.25, 0.3) is 0 Å². The van der Waals surface area contributed by atoms with E-state index in [-0.39, 0.29) is 0 Å². The maximum Gasteiger partial charge on any atom is 0.184 e. The third kappa shape index (κ3) is 30.5. The van der Waals surface area contributed by atoms with Crippen LogP contribution in [0.5, 0.6) is 0 Å². The van der Waals surface area contributed by atoms with Crippen molar-refractivity contribution in [3.05, 3.63) is 29.6 Å². The molecule has 288 valence electrons. The van der Waals surface area contributed by atoms with Crippen molar-refractivity contribution in [2.45, 2.75) is 278 Å². The van der Waals surface area contributed by atoms with E-state index in [9.17, 15) is 0 Å². The third-order valence-corrected chi connectivity index (χ3v) is 11.4. The SMILES string of the molecule is CCCCCCCCCCCCCCCCc1ccc[n+](CCCCCCCCCCC)c1CCCCCCCCCCCCCCCC. The van der Waals surface area contributed by atoms with Crippen molar-refractivity contribution in [2.24, 2.45) is 0 Å². The molecule has 1 aromatic heterocycles. The van der Waals surface area contributed by atoms with Crippen LogP contribution in [0.4, 0.5) is 0 Å². The van der Waals surface area contributed by atoms with E-state index >= 15 is 0 Å². The molecule has 0 saturated heterocycles. The van der Waals surface area contributed by atoms with Gasteiger partial charge in [0.05, 0.1) is 0 Å². The number of nitrogens with zero attached hydrogens (tertiary/aromatic N) is 1. The number of unbranched alkanes of at least 4 members (excludes halogenated alkanes) is 34. The number of aryl methyl sites for hydroxylation is 2. The van der Waals surface area contributed by atoms with Crippen LogP contribution in [0, 0.1) is 0 Å².